The Balaban J connectivity index is 2.04. The SMILES string of the molecule is COc1cc2c(c([C@@H]3CCCN3)c1)OCCC2. The minimum atomic E-state index is 0.442. The van der Waals surface area contributed by atoms with Crippen LogP contribution in [0, 0.1) is 0 Å². The zero-order chi connectivity index (χ0) is 11.7. The summed E-state index contributed by atoms with van der Waals surface area (Å²) < 4.78 is 11.3. The molecule has 2 heterocycles. The normalized spacial score (nSPS) is 23.0. The van der Waals surface area contributed by atoms with Crippen LogP contribution in [0.3, 0.4) is 0 Å². The van der Waals surface area contributed by atoms with Gasteiger partial charge in [0.15, 0.2) is 0 Å². The van der Waals surface area contributed by atoms with E-state index in [0.717, 1.165) is 37.5 Å². The minimum Gasteiger partial charge on any atom is -0.497 e. The summed E-state index contributed by atoms with van der Waals surface area (Å²) in [5.74, 6) is 2.06. The van der Waals surface area contributed by atoms with E-state index in [1.807, 2.05) is 0 Å². The van der Waals surface area contributed by atoms with Gasteiger partial charge >= 0.3 is 0 Å². The molecule has 0 spiro atoms. The molecule has 1 atom stereocenters. The number of hydrogen-bond acceptors (Lipinski definition) is 3. The Labute approximate surface area is 102 Å². The topological polar surface area (TPSA) is 30.5 Å². The predicted octanol–water partition coefficient (Wildman–Crippen LogP) is 2.44. The fourth-order valence-corrected chi connectivity index (χ4v) is 2.81. The third kappa shape index (κ3) is 2.00. The molecule has 0 saturated carbocycles. The maximum Gasteiger partial charge on any atom is 0.127 e. The Hall–Kier alpha value is -1.22. The van der Waals surface area contributed by atoms with E-state index in [1.165, 1.54) is 24.0 Å². The summed E-state index contributed by atoms with van der Waals surface area (Å²) in [6.45, 7) is 1.95. The van der Waals surface area contributed by atoms with Crippen molar-refractivity contribution in [2.45, 2.75) is 31.7 Å². The highest BCUT2D eigenvalue weighted by molar-refractivity contribution is 5.50. The van der Waals surface area contributed by atoms with Crippen LogP contribution in [0.2, 0.25) is 0 Å². The third-order valence-corrected chi connectivity index (χ3v) is 3.68. The van der Waals surface area contributed by atoms with Gasteiger partial charge in [0, 0.05) is 11.6 Å². The lowest BCUT2D eigenvalue weighted by molar-refractivity contribution is 0.281. The van der Waals surface area contributed by atoms with Crippen LogP contribution in [-0.4, -0.2) is 20.3 Å². The number of rotatable bonds is 2. The van der Waals surface area contributed by atoms with Crippen molar-refractivity contribution in [2.75, 3.05) is 20.3 Å². The van der Waals surface area contributed by atoms with Crippen LogP contribution in [-0.2, 0) is 6.42 Å². The number of hydrogen-bond donors (Lipinski definition) is 1. The monoisotopic (exact) mass is 233 g/mol. The van der Waals surface area contributed by atoms with E-state index in [1.54, 1.807) is 7.11 Å². The number of methoxy groups -OCH3 is 1. The van der Waals surface area contributed by atoms with Crippen molar-refractivity contribution < 1.29 is 9.47 Å². The molecule has 0 bridgehead atoms. The van der Waals surface area contributed by atoms with Gasteiger partial charge < -0.3 is 14.8 Å². The number of ether oxygens (including phenoxy) is 2. The van der Waals surface area contributed by atoms with E-state index in [9.17, 15) is 0 Å². The minimum absolute atomic E-state index is 0.442. The van der Waals surface area contributed by atoms with Gasteiger partial charge in [-0.05, 0) is 49.9 Å². The molecule has 0 radical (unpaired) electrons. The van der Waals surface area contributed by atoms with Gasteiger partial charge in [0.05, 0.1) is 13.7 Å². The van der Waals surface area contributed by atoms with E-state index in [-0.39, 0.29) is 0 Å². The van der Waals surface area contributed by atoms with Crippen molar-refractivity contribution in [2.24, 2.45) is 0 Å². The van der Waals surface area contributed by atoms with E-state index in [4.69, 9.17) is 9.47 Å². The molecule has 2 aliphatic rings. The Morgan fingerprint density at radius 1 is 1.35 bits per heavy atom. The van der Waals surface area contributed by atoms with Crippen LogP contribution in [0.1, 0.15) is 36.4 Å². The quantitative estimate of drug-likeness (QED) is 0.851. The highest BCUT2D eigenvalue weighted by Crippen LogP contribution is 2.39. The van der Waals surface area contributed by atoms with Crippen molar-refractivity contribution in [3.63, 3.8) is 0 Å². The highest BCUT2D eigenvalue weighted by atomic mass is 16.5. The Bertz CT molecular complexity index is 411. The molecule has 3 heteroatoms. The van der Waals surface area contributed by atoms with Crippen LogP contribution in [0.4, 0.5) is 0 Å². The molecule has 0 aliphatic carbocycles. The maximum atomic E-state index is 5.87. The van der Waals surface area contributed by atoms with E-state index < -0.39 is 0 Å². The molecule has 1 saturated heterocycles. The summed E-state index contributed by atoms with van der Waals surface area (Å²) in [6, 6.07) is 4.69. The van der Waals surface area contributed by atoms with Gasteiger partial charge in [0.1, 0.15) is 11.5 Å². The van der Waals surface area contributed by atoms with Gasteiger partial charge in [-0.25, -0.2) is 0 Å². The standard InChI is InChI=1S/C14H19NO2/c1-16-11-8-10-4-3-7-17-14(10)12(9-11)13-5-2-6-15-13/h8-9,13,15H,2-7H2,1H3/t13-/m0/s1. The van der Waals surface area contributed by atoms with Crippen LogP contribution >= 0.6 is 0 Å². The summed E-state index contributed by atoms with van der Waals surface area (Å²) in [7, 11) is 1.73. The van der Waals surface area contributed by atoms with Crippen LogP contribution in [0.25, 0.3) is 0 Å². The molecule has 17 heavy (non-hydrogen) atoms. The second-order valence-electron chi connectivity index (χ2n) is 4.81. The molecular weight excluding hydrogens is 214 g/mol. The summed E-state index contributed by atoms with van der Waals surface area (Å²) >= 11 is 0. The largest absolute Gasteiger partial charge is 0.497 e. The Morgan fingerprint density at radius 2 is 2.29 bits per heavy atom. The number of benzene rings is 1. The highest BCUT2D eigenvalue weighted by Gasteiger charge is 2.24. The van der Waals surface area contributed by atoms with Crippen LogP contribution in [0.5, 0.6) is 11.5 Å². The second kappa shape index (κ2) is 4.57. The lowest BCUT2D eigenvalue weighted by Crippen LogP contribution is -2.17. The molecule has 2 aliphatic heterocycles. The number of fused-ring (bicyclic) bond motifs is 1. The van der Waals surface area contributed by atoms with Crippen LogP contribution in [0.15, 0.2) is 12.1 Å². The first kappa shape index (κ1) is 10.9. The lowest BCUT2D eigenvalue weighted by atomic mass is 9.96. The molecule has 1 aromatic rings. The molecular formula is C14H19NO2. The van der Waals surface area contributed by atoms with Gasteiger partial charge in [-0.1, -0.05) is 0 Å². The molecule has 0 amide bonds. The van der Waals surface area contributed by atoms with Crippen molar-refractivity contribution in [1.29, 1.82) is 0 Å². The fourth-order valence-electron chi connectivity index (χ4n) is 2.81. The second-order valence-corrected chi connectivity index (χ2v) is 4.81. The first-order chi connectivity index (χ1) is 8.38. The van der Waals surface area contributed by atoms with Crippen molar-refractivity contribution in [1.82, 2.24) is 5.32 Å². The molecule has 1 fully saturated rings. The molecule has 92 valence electrons. The molecule has 3 rings (SSSR count). The van der Waals surface area contributed by atoms with E-state index >= 15 is 0 Å². The van der Waals surface area contributed by atoms with Gasteiger partial charge in [-0.15, -0.1) is 0 Å². The van der Waals surface area contributed by atoms with Gasteiger partial charge in [-0.2, -0.15) is 0 Å². The number of nitrogens with one attached hydrogen (secondary N) is 1. The smallest absolute Gasteiger partial charge is 0.127 e. The predicted molar refractivity (Wildman–Crippen MR) is 66.8 cm³/mol. The zero-order valence-corrected chi connectivity index (χ0v) is 10.3. The van der Waals surface area contributed by atoms with Crippen molar-refractivity contribution in [3.8, 4) is 11.5 Å². The van der Waals surface area contributed by atoms with Gasteiger partial charge in [0.25, 0.3) is 0 Å². The van der Waals surface area contributed by atoms with Crippen molar-refractivity contribution >= 4 is 0 Å². The summed E-state index contributed by atoms with van der Waals surface area (Å²) in [6.07, 6.45) is 4.66. The van der Waals surface area contributed by atoms with E-state index in [2.05, 4.69) is 17.4 Å². The van der Waals surface area contributed by atoms with Crippen molar-refractivity contribution in [3.05, 3.63) is 23.3 Å². The van der Waals surface area contributed by atoms with Gasteiger partial charge in [-0.3, -0.25) is 0 Å². The third-order valence-electron chi connectivity index (χ3n) is 3.68. The first-order valence-corrected chi connectivity index (χ1v) is 6.45. The lowest BCUT2D eigenvalue weighted by Gasteiger charge is -2.24. The molecule has 1 N–H and O–H groups in total. The zero-order valence-electron chi connectivity index (χ0n) is 10.3. The van der Waals surface area contributed by atoms with Crippen LogP contribution < -0.4 is 14.8 Å². The molecule has 0 unspecified atom stereocenters. The average Bonchev–Trinajstić information content (AvgIpc) is 2.91. The summed E-state index contributed by atoms with van der Waals surface area (Å²) in [5, 5.41) is 3.54. The Kier molecular flexibility index (Phi) is 2.93. The molecule has 0 aromatic heterocycles. The summed E-state index contributed by atoms with van der Waals surface area (Å²) in [5.41, 5.74) is 2.59. The van der Waals surface area contributed by atoms with E-state index in [0.29, 0.717) is 6.04 Å². The molecule has 3 nitrogen and oxygen atoms in total. The van der Waals surface area contributed by atoms with Gasteiger partial charge in [0.2, 0.25) is 0 Å². The Morgan fingerprint density at radius 3 is 3.06 bits per heavy atom. The average molecular weight is 233 g/mol. The first-order valence-electron chi connectivity index (χ1n) is 6.45. The molecule has 1 aromatic carbocycles. The fraction of sp³-hybridized carbons (Fsp3) is 0.571. The summed E-state index contributed by atoms with van der Waals surface area (Å²) in [4.78, 5) is 0. The number of aryl methyl sites for hydroxylation is 1. The maximum absolute atomic E-state index is 5.87.